The first-order chi connectivity index (χ1) is 8.54. The molecular weight excluding hydrogens is 236 g/mol. The highest BCUT2D eigenvalue weighted by Crippen LogP contribution is 2.14. The molecule has 0 bridgehead atoms. The maximum atomic E-state index is 11.8. The maximum Gasteiger partial charge on any atom is 0.339 e. The van der Waals surface area contributed by atoms with Crippen molar-refractivity contribution in [2.45, 2.75) is 6.42 Å². The van der Waals surface area contributed by atoms with Gasteiger partial charge in [-0.25, -0.2) is 4.79 Å². The van der Waals surface area contributed by atoms with Crippen molar-refractivity contribution in [3.05, 3.63) is 58.1 Å². The summed E-state index contributed by atoms with van der Waals surface area (Å²) in [6.45, 7) is 0. The molecule has 5 heteroatoms. The second kappa shape index (κ2) is 4.75. The van der Waals surface area contributed by atoms with Gasteiger partial charge in [-0.3, -0.25) is 4.79 Å². The number of carbonyl (C=O) groups is 1. The Kier molecular flexibility index (Phi) is 3.14. The number of aromatic hydroxyl groups is 2. The third-order valence-corrected chi connectivity index (χ3v) is 2.33. The van der Waals surface area contributed by atoms with Gasteiger partial charge in [0.15, 0.2) is 5.78 Å². The molecule has 0 fully saturated rings. The predicted molar refractivity (Wildman–Crippen MR) is 62.8 cm³/mol. The molecular formula is C13H10O5. The minimum atomic E-state index is -0.705. The lowest BCUT2D eigenvalue weighted by atomic mass is 10.1. The lowest BCUT2D eigenvalue weighted by Crippen LogP contribution is -2.06. The van der Waals surface area contributed by atoms with Crippen LogP contribution in [0.5, 0.6) is 11.5 Å². The van der Waals surface area contributed by atoms with Crippen LogP contribution in [0, 0.1) is 0 Å². The Morgan fingerprint density at radius 3 is 2.33 bits per heavy atom. The van der Waals surface area contributed by atoms with E-state index in [2.05, 4.69) is 0 Å². The fourth-order valence-corrected chi connectivity index (χ4v) is 1.51. The van der Waals surface area contributed by atoms with Gasteiger partial charge in [-0.05, 0) is 24.3 Å². The molecule has 0 aliphatic carbocycles. The smallest absolute Gasteiger partial charge is 0.339 e. The molecule has 0 unspecified atom stereocenters. The first-order valence-corrected chi connectivity index (χ1v) is 5.20. The van der Waals surface area contributed by atoms with E-state index in [1.54, 1.807) is 0 Å². The van der Waals surface area contributed by atoms with Crippen molar-refractivity contribution in [3.8, 4) is 11.5 Å². The van der Waals surface area contributed by atoms with Crippen LogP contribution in [0.2, 0.25) is 0 Å². The number of ketones is 1. The number of Topliss-reactive ketones (excluding diaryl/α,β-unsaturated/α-hetero) is 1. The average molecular weight is 246 g/mol. The fourth-order valence-electron chi connectivity index (χ4n) is 1.51. The van der Waals surface area contributed by atoms with E-state index >= 15 is 0 Å². The van der Waals surface area contributed by atoms with E-state index in [0.717, 1.165) is 6.07 Å². The van der Waals surface area contributed by atoms with Crippen molar-refractivity contribution in [2.24, 2.45) is 0 Å². The summed E-state index contributed by atoms with van der Waals surface area (Å²) in [5.74, 6) is -0.350. The standard InChI is InChI=1S/C13H10O5/c14-9-3-1-8(2-4-9)12(16)7-11-5-10(15)6-13(17)18-11/h1-6,14-15H,7H2. The van der Waals surface area contributed by atoms with Gasteiger partial charge in [-0.1, -0.05) is 0 Å². The Hall–Kier alpha value is -2.56. The summed E-state index contributed by atoms with van der Waals surface area (Å²) >= 11 is 0. The Morgan fingerprint density at radius 1 is 1.06 bits per heavy atom. The minimum Gasteiger partial charge on any atom is -0.508 e. The van der Waals surface area contributed by atoms with Gasteiger partial charge in [-0.15, -0.1) is 0 Å². The lowest BCUT2D eigenvalue weighted by Gasteiger charge is -2.01. The second-order valence-electron chi connectivity index (χ2n) is 3.75. The molecule has 1 aromatic heterocycles. The highest BCUT2D eigenvalue weighted by Gasteiger charge is 2.10. The first-order valence-electron chi connectivity index (χ1n) is 5.20. The minimum absolute atomic E-state index is 0.0652. The summed E-state index contributed by atoms with van der Waals surface area (Å²) in [6, 6.07) is 7.88. The Balaban J connectivity index is 2.21. The largest absolute Gasteiger partial charge is 0.508 e. The molecule has 0 aliphatic heterocycles. The van der Waals surface area contributed by atoms with Gasteiger partial charge in [0, 0.05) is 11.6 Å². The summed E-state index contributed by atoms with van der Waals surface area (Å²) in [6.07, 6.45) is -0.131. The Labute approximate surface area is 102 Å². The zero-order chi connectivity index (χ0) is 13.1. The molecule has 2 aromatic rings. The third kappa shape index (κ3) is 2.76. The van der Waals surface area contributed by atoms with Crippen molar-refractivity contribution < 1.29 is 19.4 Å². The summed E-state index contributed by atoms with van der Waals surface area (Å²) in [4.78, 5) is 22.8. The van der Waals surface area contributed by atoms with Gasteiger partial charge in [-0.2, -0.15) is 0 Å². The third-order valence-electron chi connectivity index (χ3n) is 2.33. The molecule has 2 N–H and O–H groups in total. The number of benzene rings is 1. The summed E-state index contributed by atoms with van der Waals surface area (Å²) in [5.41, 5.74) is -0.317. The van der Waals surface area contributed by atoms with E-state index in [1.807, 2.05) is 0 Å². The molecule has 0 aliphatic rings. The number of phenols is 1. The molecule has 92 valence electrons. The summed E-state index contributed by atoms with van der Waals surface area (Å²) in [7, 11) is 0. The van der Waals surface area contributed by atoms with Crippen molar-refractivity contribution >= 4 is 5.78 Å². The zero-order valence-electron chi connectivity index (χ0n) is 9.29. The molecule has 5 nitrogen and oxygen atoms in total. The average Bonchev–Trinajstić information content (AvgIpc) is 2.28. The number of carbonyl (C=O) groups excluding carboxylic acids is 1. The molecule has 0 radical (unpaired) electrons. The van der Waals surface area contributed by atoms with E-state index in [4.69, 9.17) is 9.52 Å². The fraction of sp³-hybridized carbons (Fsp3) is 0.0769. The van der Waals surface area contributed by atoms with E-state index < -0.39 is 5.63 Å². The zero-order valence-corrected chi connectivity index (χ0v) is 9.29. The van der Waals surface area contributed by atoms with Crippen molar-refractivity contribution in [1.82, 2.24) is 0 Å². The first kappa shape index (κ1) is 11.9. The van der Waals surface area contributed by atoms with Crippen LogP contribution in [0.3, 0.4) is 0 Å². The monoisotopic (exact) mass is 246 g/mol. The van der Waals surface area contributed by atoms with Gasteiger partial charge in [0.2, 0.25) is 0 Å². The molecule has 0 saturated heterocycles. The molecule has 2 rings (SSSR count). The summed E-state index contributed by atoms with van der Waals surface area (Å²) < 4.78 is 4.79. The number of phenolic OH excluding ortho intramolecular Hbond substituents is 1. The second-order valence-corrected chi connectivity index (χ2v) is 3.75. The normalized spacial score (nSPS) is 10.2. The van der Waals surface area contributed by atoms with Crippen LogP contribution in [0.25, 0.3) is 0 Å². The molecule has 0 saturated carbocycles. The molecule has 0 atom stereocenters. The van der Waals surface area contributed by atoms with E-state index in [0.29, 0.717) is 5.56 Å². The molecule has 0 spiro atoms. The van der Waals surface area contributed by atoms with Gasteiger partial charge in [0.1, 0.15) is 17.3 Å². The van der Waals surface area contributed by atoms with Crippen molar-refractivity contribution in [1.29, 1.82) is 0 Å². The number of hydrogen-bond acceptors (Lipinski definition) is 5. The van der Waals surface area contributed by atoms with Crippen LogP contribution >= 0.6 is 0 Å². The molecule has 1 heterocycles. The van der Waals surface area contributed by atoms with Gasteiger partial charge in [0.05, 0.1) is 12.5 Å². The number of rotatable bonds is 3. The quantitative estimate of drug-likeness (QED) is 0.801. The summed E-state index contributed by atoms with van der Waals surface area (Å²) in [5, 5.41) is 18.3. The number of hydrogen-bond donors (Lipinski definition) is 2. The molecule has 18 heavy (non-hydrogen) atoms. The van der Waals surface area contributed by atoms with Gasteiger partial charge < -0.3 is 14.6 Å². The van der Waals surface area contributed by atoms with Crippen LogP contribution in [-0.4, -0.2) is 16.0 Å². The highest BCUT2D eigenvalue weighted by molar-refractivity contribution is 5.97. The maximum absolute atomic E-state index is 11.8. The van der Waals surface area contributed by atoms with Gasteiger partial charge >= 0.3 is 5.63 Å². The highest BCUT2D eigenvalue weighted by atomic mass is 16.4. The van der Waals surface area contributed by atoms with E-state index in [9.17, 15) is 14.7 Å². The SMILES string of the molecule is O=C(Cc1cc(O)cc(=O)o1)c1ccc(O)cc1. The Bertz CT molecular complexity index is 625. The van der Waals surface area contributed by atoms with E-state index in [-0.39, 0.29) is 29.5 Å². The van der Waals surface area contributed by atoms with E-state index in [1.165, 1.54) is 30.3 Å². The van der Waals surface area contributed by atoms with Crippen molar-refractivity contribution in [2.75, 3.05) is 0 Å². The Morgan fingerprint density at radius 2 is 1.72 bits per heavy atom. The molecule has 0 amide bonds. The van der Waals surface area contributed by atoms with Crippen LogP contribution in [0.15, 0.2) is 45.6 Å². The topological polar surface area (TPSA) is 87.7 Å². The van der Waals surface area contributed by atoms with Crippen LogP contribution in [0.4, 0.5) is 0 Å². The van der Waals surface area contributed by atoms with Crippen LogP contribution in [-0.2, 0) is 6.42 Å². The lowest BCUT2D eigenvalue weighted by molar-refractivity contribution is 0.0986. The van der Waals surface area contributed by atoms with Crippen LogP contribution < -0.4 is 5.63 Å². The van der Waals surface area contributed by atoms with Crippen LogP contribution in [0.1, 0.15) is 16.1 Å². The molecule has 1 aromatic carbocycles. The predicted octanol–water partition coefficient (Wildman–Crippen LogP) is 1.48. The van der Waals surface area contributed by atoms with Gasteiger partial charge in [0.25, 0.3) is 0 Å². The van der Waals surface area contributed by atoms with Crippen molar-refractivity contribution in [3.63, 3.8) is 0 Å².